The van der Waals surface area contributed by atoms with Crippen LogP contribution in [0.1, 0.15) is 30.5 Å². The minimum absolute atomic E-state index is 0.109. The molecule has 6 nitrogen and oxygen atoms in total. The second-order valence-electron chi connectivity index (χ2n) is 9.23. The summed E-state index contributed by atoms with van der Waals surface area (Å²) in [5.74, 6) is 0.165. The molecule has 2 amide bonds. The van der Waals surface area contributed by atoms with Crippen molar-refractivity contribution in [3.8, 4) is 11.5 Å². The molecule has 0 bridgehead atoms. The molecule has 2 aliphatic heterocycles. The van der Waals surface area contributed by atoms with Crippen LogP contribution in [0.3, 0.4) is 0 Å². The van der Waals surface area contributed by atoms with Gasteiger partial charge in [-0.05, 0) is 43.2 Å². The zero-order valence-corrected chi connectivity index (χ0v) is 20.4. The first-order chi connectivity index (χ1) is 17.2. The van der Waals surface area contributed by atoms with Crippen molar-refractivity contribution in [3.05, 3.63) is 88.4 Å². The quantitative estimate of drug-likeness (QED) is 0.406. The predicted molar refractivity (Wildman–Crippen MR) is 135 cm³/mol. The molecule has 3 aromatic rings. The summed E-state index contributed by atoms with van der Waals surface area (Å²) in [7, 11) is 0. The molecular weight excluding hydrogens is 488 g/mol. The first-order valence-corrected chi connectivity index (χ1v) is 11.8. The molecule has 9 heteroatoms. The van der Waals surface area contributed by atoms with Crippen LogP contribution in [0, 0.1) is 0 Å². The Balaban J connectivity index is 1.41. The maximum atomic E-state index is 13.3. The lowest BCUT2D eigenvalue weighted by atomic mass is 10.0. The van der Waals surface area contributed by atoms with Gasteiger partial charge in [-0.2, -0.15) is 8.78 Å². The third kappa shape index (κ3) is 4.95. The fourth-order valence-corrected chi connectivity index (χ4v) is 4.58. The molecule has 0 aliphatic carbocycles. The smallest absolute Gasteiger partial charge is 0.387 e. The summed E-state index contributed by atoms with van der Waals surface area (Å²) in [5, 5.41) is 4.85. The number of rotatable bonds is 5. The van der Waals surface area contributed by atoms with Crippen molar-refractivity contribution in [1.29, 1.82) is 0 Å². The molecule has 36 heavy (non-hydrogen) atoms. The van der Waals surface area contributed by atoms with Crippen molar-refractivity contribution in [3.63, 3.8) is 0 Å². The molecule has 0 saturated carbocycles. The normalized spacial score (nSPS) is 16.0. The number of carbonyl (C=O) groups is 1. The summed E-state index contributed by atoms with van der Waals surface area (Å²) in [6, 6.07) is 19.7. The van der Waals surface area contributed by atoms with Crippen LogP contribution in [0.5, 0.6) is 11.5 Å². The van der Waals surface area contributed by atoms with Gasteiger partial charge in [0.2, 0.25) is 0 Å². The average Bonchev–Trinajstić information content (AvgIpc) is 3.40. The van der Waals surface area contributed by atoms with Crippen LogP contribution >= 0.6 is 11.6 Å². The Bertz CT molecular complexity index is 1330. The van der Waals surface area contributed by atoms with E-state index in [4.69, 9.17) is 21.1 Å². The van der Waals surface area contributed by atoms with Crippen LogP contribution in [0.15, 0.2) is 66.7 Å². The van der Waals surface area contributed by atoms with E-state index in [-0.39, 0.29) is 18.0 Å². The lowest BCUT2D eigenvalue weighted by Gasteiger charge is -2.20. The summed E-state index contributed by atoms with van der Waals surface area (Å²) >= 11 is 6.07. The number of benzene rings is 3. The van der Waals surface area contributed by atoms with Gasteiger partial charge in [0.25, 0.3) is 0 Å². The average molecular weight is 512 g/mol. The van der Waals surface area contributed by atoms with Crippen LogP contribution in [0.4, 0.5) is 19.3 Å². The third-order valence-corrected chi connectivity index (χ3v) is 6.21. The van der Waals surface area contributed by atoms with Gasteiger partial charge in [-0.1, -0.05) is 54.1 Å². The number of urea groups is 1. The van der Waals surface area contributed by atoms with Gasteiger partial charge in [-0.15, -0.1) is 0 Å². The number of hydrogen-bond donors (Lipinski definition) is 2. The maximum Gasteiger partial charge on any atom is 0.387 e. The molecule has 3 aromatic carbocycles. The highest BCUT2D eigenvalue weighted by atomic mass is 35.5. The molecule has 0 fully saturated rings. The number of halogens is 3. The van der Waals surface area contributed by atoms with Crippen LogP contribution in [-0.2, 0) is 6.42 Å². The number of fused-ring (bicyclic) bond motifs is 1. The van der Waals surface area contributed by atoms with E-state index in [0.717, 1.165) is 22.4 Å². The van der Waals surface area contributed by atoms with Gasteiger partial charge in [0.05, 0.1) is 12.2 Å². The monoisotopic (exact) mass is 511 g/mol. The molecule has 0 aromatic heterocycles. The number of amides is 2. The molecule has 2 aliphatic rings. The Morgan fingerprint density at radius 1 is 1.11 bits per heavy atom. The van der Waals surface area contributed by atoms with Crippen molar-refractivity contribution in [2.45, 2.75) is 32.5 Å². The molecule has 0 atom stereocenters. The Hall–Kier alpha value is -3.78. The SMILES string of the molecule is CC1(C)Cc2cc(NC(=O)N3CC(c4ccccc4)=C(c4ccc(Cl)cc4)N3)cc(OC(F)F)c2O1. The molecule has 5 rings (SSSR count). The number of hydrazine groups is 1. The van der Waals surface area contributed by atoms with E-state index in [1.807, 2.05) is 56.3 Å². The zero-order chi connectivity index (χ0) is 25.4. The minimum atomic E-state index is -3.02. The van der Waals surface area contributed by atoms with E-state index in [2.05, 4.69) is 10.7 Å². The summed E-state index contributed by atoms with van der Waals surface area (Å²) in [4.78, 5) is 13.3. The van der Waals surface area contributed by atoms with Gasteiger partial charge in [0.1, 0.15) is 5.60 Å². The molecule has 0 radical (unpaired) electrons. The lowest BCUT2D eigenvalue weighted by Crippen LogP contribution is -2.40. The molecule has 2 N–H and O–H groups in total. The topological polar surface area (TPSA) is 62.8 Å². The van der Waals surface area contributed by atoms with E-state index in [1.165, 1.54) is 11.1 Å². The number of anilines is 1. The van der Waals surface area contributed by atoms with Crippen molar-refractivity contribution in [2.75, 3.05) is 11.9 Å². The molecule has 0 saturated heterocycles. The minimum Gasteiger partial charge on any atom is -0.483 e. The Morgan fingerprint density at radius 2 is 1.83 bits per heavy atom. The van der Waals surface area contributed by atoms with Crippen molar-refractivity contribution < 1.29 is 23.0 Å². The number of nitrogens with zero attached hydrogens (tertiary/aromatic N) is 1. The Labute approximate surface area is 212 Å². The van der Waals surface area contributed by atoms with E-state index < -0.39 is 18.2 Å². The fraction of sp³-hybridized carbons (Fsp3) is 0.222. The van der Waals surface area contributed by atoms with Crippen LogP contribution in [0.25, 0.3) is 11.3 Å². The highest BCUT2D eigenvalue weighted by molar-refractivity contribution is 6.30. The lowest BCUT2D eigenvalue weighted by molar-refractivity contribution is -0.0522. The van der Waals surface area contributed by atoms with Crippen LogP contribution in [0.2, 0.25) is 5.02 Å². The first-order valence-electron chi connectivity index (χ1n) is 11.4. The largest absolute Gasteiger partial charge is 0.483 e. The second kappa shape index (κ2) is 9.35. The molecule has 2 heterocycles. The van der Waals surface area contributed by atoms with E-state index >= 15 is 0 Å². The van der Waals surface area contributed by atoms with Crippen molar-refractivity contribution >= 4 is 34.6 Å². The standard InChI is InChI=1S/C27H24ClF2N3O3/c1-27(2)14-18-12-20(13-22(24(18)36-27)35-25(29)30)31-26(34)33-15-21(16-6-4-3-5-7-16)23(32-33)17-8-10-19(28)11-9-17/h3-13,25,32H,14-15H2,1-2H3,(H,31,34). The molecular formula is C27H24ClF2N3O3. The van der Waals surface area contributed by atoms with Crippen molar-refractivity contribution in [1.82, 2.24) is 10.4 Å². The van der Waals surface area contributed by atoms with Crippen LogP contribution < -0.4 is 20.2 Å². The number of ether oxygens (including phenoxy) is 2. The van der Waals surface area contributed by atoms with Gasteiger partial charge in [-0.25, -0.2) is 9.80 Å². The number of hydrogen-bond acceptors (Lipinski definition) is 4. The summed E-state index contributed by atoms with van der Waals surface area (Å²) in [6.45, 7) is 0.989. The summed E-state index contributed by atoms with van der Waals surface area (Å²) < 4.78 is 36.6. The van der Waals surface area contributed by atoms with Gasteiger partial charge in [0.15, 0.2) is 11.5 Å². The summed E-state index contributed by atoms with van der Waals surface area (Å²) in [5.41, 5.74) is 7.19. The number of carbonyl (C=O) groups excluding carboxylic acids is 1. The fourth-order valence-electron chi connectivity index (χ4n) is 4.46. The van der Waals surface area contributed by atoms with Crippen LogP contribution in [-0.4, -0.2) is 29.8 Å². The maximum absolute atomic E-state index is 13.3. The Morgan fingerprint density at radius 3 is 2.53 bits per heavy atom. The molecule has 186 valence electrons. The molecule has 0 unspecified atom stereocenters. The first kappa shape index (κ1) is 23.9. The highest BCUT2D eigenvalue weighted by Gasteiger charge is 2.34. The number of alkyl halides is 2. The van der Waals surface area contributed by atoms with Gasteiger partial charge < -0.3 is 14.8 Å². The predicted octanol–water partition coefficient (Wildman–Crippen LogP) is 6.58. The number of nitrogens with one attached hydrogen (secondary N) is 2. The van der Waals surface area contributed by atoms with E-state index in [9.17, 15) is 13.6 Å². The highest BCUT2D eigenvalue weighted by Crippen LogP contribution is 2.44. The van der Waals surface area contributed by atoms with Gasteiger partial charge in [-0.3, -0.25) is 5.43 Å². The van der Waals surface area contributed by atoms with Crippen molar-refractivity contribution in [2.24, 2.45) is 0 Å². The van der Waals surface area contributed by atoms with Gasteiger partial charge >= 0.3 is 12.6 Å². The van der Waals surface area contributed by atoms with E-state index in [0.29, 0.717) is 22.7 Å². The van der Waals surface area contributed by atoms with E-state index in [1.54, 1.807) is 18.2 Å². The van der Waals surface area contributed by atoms with Gasteiger partial charge in [0, 0.05) is 34.3 Å². The molecule has 0 spiro atoms. The second-order valence-corrected chi connectivity index (χ2v) is 9.67. The third-order valence-electron chi connectivity index (χ3n) is 5.96. The zero-order valence-electron chi connectivity index (χ0n) is 19.6. The summed E-state index contributed by atoms with van der Waals surface area (Å²) in [6.07, 6.45) is 0.494. The Kier molecular flexibility index (Phi) is 6.22.